The van der Waals surface area contributed by atoms with Gasteiger partial charge in [-0.1, -0.05) is 19.8 Å². The number of rotatable bonds is 0. The number of hydrogen-bond donors (Lipinski definition) is 0. The maximum Gasteiger partial charge on any atom is 0.0332 e. The lowest BCUT2D eigenvalue weighted by atomic mass is 10.4. The van der Waals surface area contributed by atoms with Crippen molar-refractivity contribution in [1.82, 2.24) is 0 Å². The third-order valence-electron chi connectivity index (χ3n) is 2.55. The second-order valence-electron chi connectivity index (χ2n) is 3.51. The summed E-state index contributed by atoms with van der Waals surface area (Å²) in [4.78, 5) is 0. The SMILES string of the molecule is C[C@H]1CPC2(CCCC2)S1. The Bertz CT molecular complexity index is 129. The predicted molar refractivity (Wildman–Crippen MR) is 51.4 cm³/mol. The molecule has 0 aromatic heterocycles. The molecule has 0 aromatic carbocycles. The minimum absolute atomic E-state index is 0.805. The Labute approximate surface area is 69.3 Å². The fourth-order valence-electron chi connectivity index (χ4n) is 2.04. The highest BCUT2D eigenvalue weighted by molar-refractivity contribution is 8.07. The number of thioether (sulfide) groups is 1. The molecule has 0 aromatic rings. The normalized spacial score (nSPS) is 39.9. The molecule has 10 heavy (non-hydrogen) atoms. The average Bonchev–Trinajstić information content (AvgIpc) is 2.46. The Hall–Kier alpha value is 0.780. The second-order valence-corrected chi connectivity index (χ2v) is 7.41. The van der Waals surface area contributed by atoms with E-state index in [4.69, 9.17) is 0 Å². The maximum atomic E-state index is 2.39. The van der Waals surface area contributed by atoms with E-state index in [0.29, 0.717) is 0 Å². The summed E-state index contributed by atoms with van der Waals surface area (Å²) in [6.07, 6.45) is 7.57. The Morgan fingerprint density at radius 1 is 1.40 bits per heavy atom. The van der Waals surface area contributed by atoms with Crippen LogP contribution in [0.4, 0.5) is 0 Å². The molecule has 2 aliphatic rings. The van der Waals surface area contributed by atoms with Crippen LogP contribution in [0, 0.1) is 0 Å². The molecule has 0 radical (unpaired) electrons. The first-order valence-electron chi connectivity index (χ1n) is 4.24. The fraction of sp³-hybridized carbons (Fsp3) is 1.00. The molecule has 58 valence electrons. The molecule has 1 saturated carbocycles. The van der Waals surface area contributed by atoms with Crippen molar-refractivity contribution in [1.29, 1.82) is 0 Å². The molecule has 0 nitrogen and oxygen atoms in total. The van der Waals surface area contributed by atoms with E-state index >= 15 is 0 Å². The first-order valence-corrected chi connectivity index (χ1v) is 6.32. The topological polar surface area (TPSA) is 0 Å². The summed E-state index contributed by atoms with van der Waals surface area (Å²) < 4.78 is 0.805. The zero-order valence-electron chi connectivity index (χ0n) is 6.52. The van der Waals surface area contributed by atoms with Gasteiger partial charge in [-0.15, -0.1) is 20.3 Å². The molecule has 2 fully saturated rings. The molecule has 2 atom stereocenters. The van der Waals surface area contributed by atoms with Gasteiger partial charge in [0, 0.05) is 9.74 Å². The van der Waals surface area contributed by atoms with E-state index in [1.807, 2.05) is 0 Å². The number of hydrogen-bond acceptors (Lipinski definition) is 1. The molecule has 1 aliphatic carbocycles. The summed E-state index contributed by atoms with van der Waals surface area (Å²) in [5, 5.41) is 0.969. The average molecular weight is 174 g/mol. The quantitative estimate of drug-likeness (QED) is 0.508. The summed E-state index contributed by atoms with van der Waals surface area (Å²) in [6, 6.07) is 0. The molecule has 1 spiro atoms. The van der Waals surface area contributed by atoms with Gasteiger partial charge in [-0.2, -0.15) is 0 Å². The van der Waals surface area contributed by atoms with Crippen LogP contribution < -0.4 is 0 Å². The molecule has 2 heteroatoms. The van der Waals surface area contributed by atoms with E-state index < -0.39 is 0 Å². The molecular weight excluding hydrogens is 159 g/mol. The fourth-order valence-corrected chi connectivity index (χ4v) is 6.47. The van der Waals surface area contributed by atoms with Crippen LogP contribution in [-0.2, 0) is 0 Å². The van der Waals surface area contributed by atoms with Crippen molar-refractivity contribution in [2.75, 3.05) is 6.16 Å². The van der Waals surface area contributed by atoms with Gasteiger partial charge in [0.05, 0.1) is 0 Å². The summed E-state index contributed by atoms with van der Waals surface area (Å²) in [7, 11) is 1.28. The molecule has 2 rings (SSSR count). The van der Waals surface area contributed by atoms with Gasteiger partial charge in [-0.3, -0.25) is 0 Å². The standard InChI is InChI=1S/C8H15PS/c1-7-6-9-8(10-7)4-2-3-5-8/h7,9H,2-6H2,1H3/t7-/m0/s1. The van der Waals surface area contributed by atoms with Crippen LogP contribution in [0.1, 0.15) is 32.6 Å². The Morgan fingerprint density at radius 3 is 2.60 bits per heavy atom. The van der Waals surface area contributed by atoms with E-state index in [1.54, 1.807) is 0 Å². The molecule has 0 N–H and O–H groups in total. The summed E-state index contributed by atoms with van der Waals surface area (Å²) >= 11 is 2.29. The maximum absolute atomic E-state index is 2.39. The van der Waals surface area contributed by atoms with E-state index in [1.165, 1.54) is 40.4 Å². The van der Waals surface area contributed by atoms with Gasteiger partial charge < -0.3 is 0 Å². The smallest absolute Gasteiger partial charge is 0.0332 e. The van der Waals surface area contributed by atoms with Crippen LogP contribution in [0.25, 0.3) is 0 Å². The lowest BCUT2D eigenvalue weighted by Crippen LogP contribution is -2.08. The van der Waals surface area contributed by atoms with Crippen molar-refractivity contribution in [3.63, 3.8) is 0 Å². The van der Waals surface area contributed by atoms with E-state index in [2.05, 4.69) is 18.7 Å². The largest absolute Gasteiger partial charge is 0.147 e. The van der Waals surface area contributed by atoms with Gasteiger partial charge in [-0.05, 0) is 19.0 Å². The first kappa shape index (κ1) is 7.43. The third kappa shape index (κ3) is 1.23. The van der Waals surface area contributed by atoms with Crippen LogP contribution >= 0.6 is 20.3 Å². The zero-order valence-corrected chi connectivity index (χ0v) is 8.34. The van der Waals surface area contributed by atoms with Crippen molar-refractivity contribution in [2.24, 2.45) is 0 Å². The lowest BCUT2D eigenvalue weighted by molar-refractivity contribution is 0.843. The minimum atomic E-state index is 0.805. The summed E-state index contributed by atoms with van der Waals surface area (Å²) in [5.41, 5.74) is 0. The summed E-state index contributed by atoms with van der Waals surface area (Å²) in [6.45, 7) is 2.39. The molecular formula is C8H15PS. The van der Waals surface area contributed by atoms with E-state index in [9.17, 15) is 0 Å². The van der Waals surface area contributed by atoms with Crippen LogP contribution in [0.5, 0.6) is 0 Å². The third-order valence-corrected chi connectivity index (χ3v) is 7.02. The highest BCUT2D eigenvalue weighted by Crippen LogP contribution is 2.60. The van der Waals surface area contributed by atoms with Gasteiger partial charge in [0.1, 0.15) is 0 Å². The van der Waals surface area contributed by atoms with Crippen LogP contribution in [0.2, 0.25) is 0 Å². The monoisotopic (exact) mass is 174 g/mol. The van der Waals surface area contributed by atoms with Crippen molar-refractivity contribution in [3.8, 4) is 0 Å². The van der Waals surface area contributed by atoms with Gasteiger partial charge in [0.15, 0.2) is 0 Å². The van der Waals surface area contributed by atoms with Crippen molar-refractivity contribution >= 4 is 20.3 Å². The van der Waals surface area contributed by atoms with Crippen LogP contribution in [-0.4, -0.2) is 15.9 Å². The van der Waals surface area contributed by atoms with Crippen molar-refractivity contribution in [3.05, 3.63) is 0 Å². The second kappa shape index (κ2) is 2.68. The molecule has 0 amide bonds. The minimum Gasteiger partial charge on any atom is -0.147 e. The van der Waals surface area contributed by atoms with Crippen molar-refractivity contribution < 1.29 is 0 Å². The highest BCUT2D eigenvalue weighted by atomic mass is 32.2. The zero-order chi connectivity index (χ0) is 7.03. The van der Waals surface area contributed by atoms with Gasteiger partial charge in [-0.25, -0.2) is 0 Å². The molecule has 0 bridgehead atoms. The predicted octanol–water partition coefficient (Wildman–Crippen LogP) is 3.07. The Kier molecular flexibility index (Phi) is 1.99. The Morgan fingerprint density at radius 2 is 2.10 bits per heavy atom. The van der Waals surface area contributed by atoms with E-state index in [-0.39, 0.29) is 0 Å². The lowest BCUT2D eigenvalue weighted by Gasteiger charge is -2.20. The molecule has 1 heterocycles. The molecule has 1 saturated heterocycles. The van der Waals surface area contributed by atoms with Gasteiger partial charge in [0.2, 0.25) is 0 Å². The van der Waals surface area contributed by atoms with Crippen LogP contribution in [0.15, 0.2) is 0 Å². The van der Waals surface area contributed by atoms with Crippen LogP contribution in [0.3, 0.4) is 0 Å². The Balaban J connectivity index is 2.03. The highest BCUT2D eigenvalue weighted by Gasteiger charge is 2.40. The molecule has 1 unspecified atom stereocenters. The summed E-state index contributed by atoms with van der Waals surface area (Å²) in [5.74, 6) is 0. The van der Waals surface area contributed by atoms with Gasteiger partial charge in [0.25, 0.3) is 0 Å². The van der Waals surface area contributed by atoms with Gasteiger partial charge >= 0.3 is 0 Å². The molecule has 1 aliphatic heterocycles. The van der Waals surface area contributed by atoms with Crippen molar-refractivity contribution in [2.45, 2.75) is 42.3 Å². The first-order chi connectivity index (χ1) is 4.81. The van der Waals surface area contributed by atoms with E-state index in [0.717, 1.165) is 9.74 Å².